The van der Waals surface area contributed by atoms with Crippen LogP contribution in [0, 0.1) is 19.7 Å². The molecule has 9 heteroatoms. The number of hydrogen-bond acceptors (Lipinski definition) is 5. The molecule has 0 aliphatic carbocycles. The lowest BCUT2D eigenvalue weighted by Gasteiger charge is -2.24. The number of anilines is 1. The third kappa shape index (κ3) is 5.39. The second-order valence-electron chi connectivity index (χ2n) is 6.77. The Morgan fingerprint density at radius 2 is 2.13 bits per heavy atom. The van der Waals surface area contributed by atoms with Crippen LogP contribution in [0.3, 0.4) is 0 Å². The van der Waals surface area contributed by atoms with E-state index in [1.165, 1.54) is 25.4 Å². The Morgan fingerprint density at radius 1 is 1.35 bits per heavy atom. The summed E-state index contributed by atoms with van der Waals surface area (Å²) in [6.07, 6.45) is 2.14. The van der Waals surface area contributed by atoms with Crippen molar-refractivity contribution in [2.24, 2.45) is 4.99 Å². The number of nitrogens with zero attached hydrogens (tertiary/aromatic N) is 3. The number of ether oxygens (including phenoxy) is 1. The van der Waals surface area contributed by atoms with Crippen LogP contribution in [-0.4, -0.2) is 36.3 Å². The number of allylic oxidation sites excluding steroid dienone is 1. The van der Waals surface area contributed by atoms with Gasteiger partial charge < -0.3 is 15.0 Å². The van der Waals surface area contributed by atoms with E-state index in [0.717, 1.165) is 32.0 Å². The summed E-state index contributed by atoms with van der Waals surface area (Å²) in [5.41, 5.74) is 3.53. The Bertz CT molecular complexity index is 1180. The standard InChI is InChI=1S/C22H22ClFN4O2S/c1-13-7-20-21(31-14(2)26-20)9-19(13)27-22(25-3)28(11-16(12-29)30-4)10-15-5-6-18(24)17(23)8-15/h5-9,11-12H,10H2,1-4H3,(H,25,27)/b16-11+. The van der Waals surface area contributed by atoms with Crippen LogP contribution in [0.2, 0.25) is 5.02 Å². The van der Waals surface area contributed by atoms with E-state index in [1.54, 1.807) is 29.4 Å². The van der Waals surface area contributed by atoms with Crippen LogP contribution in [-0.2, 0) is 16.1 Å². The quantitative estimate of drug-likeness (QED) is 0.178. The second-order valence-corrected chi connectivity index (χ2v) is 8.41. The number of aromatic nitrogens is 1. The number of carbonyl (C=O) groups excluding carboxylic acids is 1. The van der Waals surface area contributed by atoms with Gasteiger partial charge in [-0.25, -0.2) is 9.37 Å². The van der Waals surface area contributed by atoms with Crippen LogP contribution >= 0.6 is 22.9 Å². The Labute approximate surface area is 189 Å². The van der Waals surface area contributed by atoms with Gasteiger partial charge in [-0.05, 0) is 49.2 Å². The van der Waals surface area contributed by atoms with Crippen LogP contribution in [0.25, 0.3) is 10.2 Å². The molecule has 6 nitrogen and oxygen atoms in total. The van der Waals surface area contributed by atoms with E-state index in [-0.39, 0.29) is 17.3 Å². The molecule has 3 rings (SSSR count). The van der Waals surface area contributed by atoms with Crippen LogP contribution in [0.5, 0.6) is 0 Å². The molecule has 0 aliphatic rings. The highest BCUT2D eigenvalue weighted by atomic mass is 35.5. The van der Waals surface area contributed by atoms with Gasteiger partial charge in [-0.1, -0.05) is 17.7 Å². The van der Waals surface area contributed by atoms with E-state index < -0.39 is 5.82 Å². The van der Waals surface area contributed by atoms with Gasteiger partial charge in [0.05, 0.1) is 40.1 Å². The zero-order valence-electron chi connectivity index (χ0n) is 17.6. The number of guanidine groups is 1. The third-order valence-corrected chi connectivity index (χ3v) is 5.77. The number of benzene rings is 2. The number of hydrogen-bond donors (Lipinski definition) is 1. The molecule has 162 valence electrons. The van der Waals surface area contributed by atoms with Gasteiger partial charge in [0.2, 0.25) is 5.96 Å². The van der Waals surface area contributed by atoms with E-state index in [4.69, 9.17) is 16.3 Å². The van der Waals surface area contributed by atoms with E-state index in [1.807, 2.05) is 26.0 Å². The van der Waals surface area contributed by atoms with Crippen molar-refractivity contribution < 1.29 is 13.9 Å². The summed E-state index contributed by atoms with van der Waals surface area (Å²) in [5.74, 6) is 0.0891. The summed E-state index contributed by atoms with van der Waals surface area (Å²) in [5, 5.41) is 4.34. The summed E-state index contributed by atoms with van der Waals surface area (Å²) in [4.78, 5) is 21.9. The number of thiazole rings is 1. The smallest absolute Gasteiger partial charge is 0.202 e. The molecule has 0 unspecified atom stereocenters. The molecule has 2 aromatic carbocycles. The van der Waals surface area contributed by atoms with Crippen molar-refractivity contribution in [3.05, 3.63) is 69.3 Å². The number of nitrogens with one attached hydrogen (secondary N) is 1. The largest absolute Gasteiger partial charge is 0.492 e. The van der Waals surface area contributed by atoms with Gasteiger partial charge >= 0.3 is 0 Å². The van der Waals surface area contributed by atoms with E-state index in [9.17, 15) is 9.18 Å². The fourth-order valence-corrected chi connectivity index (χ4v) is 4.06. The topological polar surface area (TPSA) is 66.8 Å². The van der Waals surface area contributed by atoms with Crippen molar-refractivity contribution in [1.82, 2.24) is 9.88 Å². The molecular weight excluding hydrogens is 439 g/mol. The molecule has 1 N–H and O–H groups in total. The van der Waals surface area contributed by atoms with Gasteiger partial charge in [0.15, 0.2) is 12.0 Å². The van der Waals surface area contributed by atoms with Crippen LogP contribution < -0.4 is 5.32 Å². The van der Waals surface area contributed by atoms with Gasteiger partial charge in [-0.2, -0.15) is 0 Å². The molecular formula is C22H22ClFN4O2S. The maximum absolute atomic E-state index is 13.6. The molecule has 31 heavy (non-hydrogen) atoms. The van der Waals surface area contributed by atoms with E-state index >= 15 is 0 Å². The van der Waals surface area contributed by atoms with Gasteiger partial charge in [0.1, 0.15) is 5.82 Å². The number of aldehydes is 1. The normalized spacial score (nSPS) is 12.2. The van der Waals surface area contributed by atoms with Crippen LogP contribution in [0.15, 0.2) is 47.3 Å². The number of fused-ring (bicyclic) bond motifs is 1. The minimum atomic E-state index is -0.496. The fraction of sp³-hybridized carbons (Fsp3) is 0.227. The molecule has 0 amide bonds. The SMILES string of the molecule is CN=C(Nc1cc2sc(C)nc2cc1C)N(/C=C(\C=O)OC)Cc1ccc(F)c(Cl)c1. The number of rotatable bonds is 6. The molecule has 0 spiro atoms. The van der Waals surface area contributed by atoms with Crippen molar-refractivity contribution in [3.63, 3.8) is 0 Å². The number of aryl methyl sites for hydroxylation is 2. The maximum atomic E-state index is 13.6. The first-order valence-electron chi connectivity index (χ1n) is 9.37. The van der Waals surface area contributed by atoms with E-state index in [2.05, 4.69) is 15.3 Å². The van der Waals surface area contributed by atoms with E-state index in [0.29, 0.717) is 12.2 Å². The molecule has 0 aliphatic heterocycles. The Balaban J connectivity index is 1.97. The molecule has 0 saturated heterocycles. The third-order valence-electron chi connectivity index (χ3n) is 4.54. The maximum Gasteiger partial charge on any atom is 0.202 e. The average Bonchev–Trinajstić information content (AvgIpc) is 3.10. The Kier molecular flexibility index (Phi) is 7.25. The minimum Gasteiger partial charge on any atom is -0.492 e. The zero-order chi connectivity index (χ0) is 22.5. The van der Waals surface area contributed by atoms with Gasteiger partial charge in [-0.15, -0.1) is 11.3 Å². The highest BCUT2D eigenvalue weighted by Crippen LogP contribution is 2.28. The molecule has 0 radical (unpaired) electrons. The number of aliphatic imine (C=N–C) groups is 1. The van der Waals surface area contributed by atoms with Crippen LogP contribution in [0.4, 0.5) is 10.1 Å². The van der Waals surface area contributed by atoms with Crippen molar-refractivity contribution in [1.29, 1.82) is 0 Å². The molecule has 0 fully saturated rings. The predicted molar refractivity (Wildman–Crippen MR) is 124 cm³/mol. The summed E-state index contributed by atoms with van der Waals surface area (Å²) >= 11 is 7.55. The highest BCUT2D eigenvalue weighted by molar-refractivity contribution is 7.18. The lowest BCUT2D eigenvalue weighted by Crippen LogP contribution is -2.32. The molecule has 1 aromatic heterocycles. The van der Waals surface area contributed by atoms with Crippen LogP contribution in [0.1, 0.15) is 16.1 Å². The zero-order valence-corrected chi connectivity index (χ0v) is 19.1. The Hall–Kier alpha value is -2.97. The van der Waals surface area contributed by atoms with Gasteiger partial charge in [-0.3, -0.25) is 9.79 Å². The summed E-state index contributed by atoms with van der Waals surface area (Å²) in [6, 6.07) is 8.50. The summed E-state index contributed by atoms with van der Waals surface area (Å²) < 4.78 is 19.7. The molecule has 0 saturated carbocycles. The van der Waals surface area contributed by atoms with Crippen molar-refractivity contribution >= 4 is 51.1 Å². The van der Waals surface area contributed by atoms with Crippen molar-refractivity contribution in [2.75, 3.05) is 19.5 Å². The first kappa shape index (κ1) is 22.7. The second kappa shape index (κ2) is 9.89. The average molecular weight is 461 g/mol. The molecule has 1 heterocycles. The Morgan fingerprint density at radius 3 is 2.77 bits per heavy atom. The monoisotopic (exact) mass is 460 g/mol. The van der Waals surface area contributed by atoms with Crippen molar-refractivity contribution in [3.8, 4) is 0 Å². The lowest BCUT2D eigenvalue weighted by atomic mass is 10.2. The number of methoxy groups -OCH3 is 1. The van der Waals surface area contributed by atoms with Gasteiger partial charge in [0.25, 0.3) is 0 Å². The predicted octanol–water partition coefficient (Wildman–Crippen LogP) is 5.29. The minimum absolute atomic E-state index is 0.0218. The first-order chi connectivity index (χ1) is 14.8. The highest BCUT2D eigenvalue weighted by Gasteiger charge is 2.15. The molecule has 0 atom stereocenters. The fourth-order valence-electron chi connectivity index (χ4n) is 3.01. The van der Waals surface area contributed by atoms with Crippen molar-refractivity contribution in [2.45, 2.75) is 20.4 Å². The summed E-state index contributed by atoms with van der Waals surface area (Å²) in [7, 11) is 3.05. The molecule has 3 aromatic rings. The first-order valence-corrected chi connectivity index (χ1v) is 10.6. The number of carbonyl (C=O) groups is 1. The number of halogens is 2. The van der Waals surface area contributed by atoms with Gasteiger partial charge in [0, 0.05) is 12.7 Å². The lowest BCUT2D eigenvalue weighted by molar-refractivity contribution is -0.107. The molecule has 0 bridgehead atoms. The summed E-state index contributed by atoms with van der Waals surface area (Å²) in [6.45, 7) is 4.23.